The Labute approximate surface area is 197 Å². The van der Waals surface area contributed by atoms with Gasteiger partial charge in [0.15, 0.2) is 0 Å². The van der Waals surface area contributed by atoms with Gasteiger partial charge in [0.05, 0.1) is 0 Å². The Balaban J connectivity index is 0.00000900. The van der Waals surface area contributed by atoms with Crippen LogP contribution in [0.5, 0.6) is 0 Å². The number of likely N-dealkylation sites (N-methyl/N-ethyl adjacent to an activating group) is 1. The van der Waals surface area contributed by atoms with Crippen molar-refractivity contribution < 1.29 is 4.79 Å². The second-order valence-corrected chi connectivity index (χ2v) is 8.30. The SMILES string of the molecule is CCN(CC)CCNC(=O)c1ccc(C=C(C)CCC=C(C)CCC=C(C)C)cc1.Cl. The number of carbonyl (C=O) groups excluding carboxylic acids is 1. The van der Waals surface area contributed by atoms with Gasteiger partial charge in [0.2, 0.25) is 0 Å². The van der Waals surface area contributed by atoms with Gasteiger partial charge in [0.1, 0.15) is 0 Å². The maximum Gasteiger partial charge on any atom is 0.251 e. The molecule has 0 atom stereocenters. The number of allylic oxidation sites excluding steroid dienone is 5. The zero-order chi connectivity index (χ0) is 22.4. The van der Waals surface area contributed by atoms with Gasteiger partial charge < -0.3 is 10.2 Å². The van der Waals surface area contributed by atoms with E-state index in [0.29, 0.717) is 6.54 Å². The first-order valence-electron chi connectivity index (χ1n) is 11.4. The maximum atomic E-state index is 12.3. The second-order valence-electron chi connectivity index (χ2n) is 8.30. The molecule has 0 saturated carbocycles. The van der Waals surface area contributed by atoms with Gasteiger partial charge in [-0.1, -0.05) is 60.9 Å². The third-order valence-electron chi connectivity index (χ3n) is 5.32. The molecule has 1 rings (SSSR count). The zero-order valence-electron chi connectivity index (χ0n) is 20.5. The van der Waals surface area contributed by atoms with Crippen LogP contribution >= 0.6 is 12.4 Å². The van der Waals surface area contributed by atoms with Crippen LogP contribution < -0.4 is 5.32 Å². The molecule has 0 bridgehead atoms. The molecule has 4 heteroatoms. The number of hydrogen-bond donors (Lipinski definition) is 1. The third kappa shape index (κ3) is 13.2. The first kappa shape index (κ1) is 29.2. The predicted octanol–water partition coefficient (Wildman–Crippen LogP) is 7.06. The summed E-state index contributed by atoms with van der Waals surface area (Å²) in [5.41, 5.74) is 6.09. The van der Waals surface area contributed by atoms with E-state index in [1.54, 1.807) is 0 Å². The van der Waals surface area contributed by atoms with Gasteiger partial charge in [0.25, 0.3) is 5.91 Å². The lowest BCUT2D eigenvalue weighted by Crippen LogP contribution is -2.34. The van der Waals surface area contributed by atoms with E-state index in [1.165, 1.54) is 16.7 Å². The lowest BCUT2D eigenvalue weighted by Gasteiger charge is -2.17. The normalized spacial score (nSPS) is 11.8. The van der Waals surface area contributed by atoms with Gasteiger partial charge in [-0.2, -0.15) is 0 Å². The number of carbonyl (C=O) groups is 1. The molecule has 0 aliphatic carbocycles. The first-order valence-corrected chi connectivity index (χ1v) is 11.4. The summed E-state index contributed by atoms with van der Waals surface area (Å²) in [7, 11) is 0. The van der Waals surface area contributed by atoms with Crippen LogP contribution in [0, 0.1) is 0 Å². The summed E-state index contributed by atoms with van der Waals surface area (Å²) in [5.74, 6) is 0.00290. The van der Waals surface area contributed by atoms with Crippen LogP contribution in [0.4, 0.5) is 0 Å². The molecule has 0 aliphatic heterocycles. The van der Waals surface area contributed by atoms with Crippen molar-refractivity contribution in [3.05, 3.63) is 64.3 Å². The van der Waals surface area contributed by atoms with Gasteiger partial charge in [-0.25, -0.2) is 0 Å². The van der Waals surface area contributed by atoms with E-state index in [2.05, 4.69) is 70.0 Å². The highest BCUT2D eigenvalue weighted by molar-refractivity contribution is 5.94. The van der Waals surface area contributed by atoms with Crippen molar-refractivity contribution in [2.45, 2.75) is 67.2 Å². The Bertz CT molecular complexity index is 724. The molecule has 31 heavy (non-hydrogen) atoms. The monoisotopic (exact) mass is 446 g/mol. The van der Waals surface area contributed by atoms with Crippen LogP contribution in [0.25, 0.3) is 6.08 Å². The number of benzene rings is 1. The third-order valence-corrected chi connectivity index (χ3v) is 5.32. The van der Waals surface area contributed by atoms with Crippen LogP contribution in [0.2, 0.25) is 0 Å². The van der Waals surface area contributed by atoms with E-state index in [0.717, 1.165) is 56.4 Å². The van der Waals surface area contributed by atoms with Crippen LogP contribution in [0.1, 0.15) is 83.1 Å². The minimum absolute atomic E-state index is 0. The van der Waals surface area contributed by atoms with E-state index >= 15 is 0 Å². The molecule has 0 heterocycles. The fourth-order valence-corrected chi connectivity index (χ4v) is 3.29. The topological polar surface area (TPSA) is 32.3 Å². The summed E-state index contributed by atoms with van der Waals surface area (Å²) < 4.78 is 0. The molecule has 1 N–H and O–H groups in total. The Hall–Kier alpha value is -1.84. The van der Waals surface area contributed by atoms with E-state index in [1.807, 2.05) is 24.3 Å². The largest absolute Gasteiger partial charge is 0.351 e. The number of halogens is 1. The van der Waals surface area contributed by atoms with Crippen molar-refractivity contribution in [1.29, 1.82) is 0 Å². The number of rotatable bonds is 13. The highest BCUT2D eigenvalue weighted by atomic mass is 35.5. The van der Waals surface area contributed by atoms with Crippen molar-refractivity contribution in [1.82, 2.24) is 10.2 Å². The molecule has 0 saturated heterocycles. The molecular formula is C27H43ClN2O. The lowest BCUT2D eigenvalue weighted by atomic mass is 10.0. The minimum Gasteiger partial charge on any atom is -0.351 e. The van der Waals surface area contributed by atoms with Crippen LogP contribution in [-0.4, -0.2) is 37.0 Å². The summed E-state index contributed by atoms with van der Waals surface area (Å²) in [6.07, 6.45) is 11.3. The van der Waals surface area contributed by atoms with E-state index in [4.69, 9.17) is 0 Å². The molecule has 0 aliphatic rings. The van der Waals surface area contributed by atoms with Crippen molar-refractivity contribution in [2.75, 3.05) is 26.2 Å². The number of hydrogen-bond acceptors (Lipinski definition) is 2. The molecule has 0 aromatic heterocycles. The fraction of sp³-hybridized carbons (Fsp3) is 0.519. The molecular weight excluding hydrogens is 404 g/mol. The molecule has 1 amide bonds. The summed E-state index contributed by atoms with van der Waals surface area (Å²) in [5, 5.41) is 3.01. The molecule has 174 valence electrons. The predicted molar refractivity (Wildman–Crippen MR) is 139 cm³/mol. The molecule has 1 aromatic rings. The average molecular weight is 447 g/mol. The van der Waals surface area contributed by atoms with Crippen LogP contribution in [0.15, 0.2) is 53.1 Å². The fourth-order valence-electron chi connectivity index (χ4n) is 3.29. The molecule has 0 spiro atoms. The number of nitrogens with one attached hydrogen (secondary N) is 1. The summed E-state index contributed by atoms with van der Waals surface area (Å²) in [4.78, 5) is 14.6. The van der Waals surface area contributed by atoms with Gasteiger partial charge in [0, 0.05) is 18.7 Å². The van der Waals surface area contributed by atoms with Gasteiger partial charge in [-0.05, 0) is 84.2 Å². The molecule has 3 nitrogen and oxygen atoms in total. The van der Waals surface area contributed by atoms with Crippen molar-refractivity contribution in [2.24, 2.45) is 0 Å². The van der Waals surface area contributed by atoms with Gasteiger partial charge in [-0.3, -0.25) is 4.79 Å². The summed E-state index contributed by atoms with van der Waals surface area (Å²) in [6.45, 7) is 16.6. The Morgan fingerprint density at radius 1 is 0.903 bits per heavy atom. The second kappa shape index (κ2) is 16.8. The number of amides is 1. The van der Waals surface area contributed by atoms with Crippen molar-refractivity contribution in [3.63, 3.8) is 0 Å². The van der Waals surface area contributed by atoms with Gasteiger partial charge >= 0.3 is 0 Å². The van der Waals surface area contributed by atoms with Gasteiger partial charge in [-0.15, -0.1) is 12.4 Å². The highest BCUT2D eigenvalue weighted by Crippen LogP contribution is 2.15. The van der Waals surface area contributed by atoms with E-state index < -0.39 is 0 Å². The molecule has 0 unspecified atom stereocenters. The van der Waals surface area contributed by atoms with Crippen LogP contribution in [-0.2, 0) is 0 Å². The Morgan fingerprint density at radius 2 is 1.48 bits per heavy atom. The first-order chi connectivity index (χ1) is 14.3. The lowest BCUT2D eigenvalue weighted by molar-refractivity contribution is 0.0949. The Morgan fingerprint density at radius 3 is 2.06 bits per heavy atom. The quantitative estimate of drug-likeness (QED) is 0.329. The summed E-state index contributed by atoms with van der Waals surface area (Å²) >= 11 is 0. The molecule has 0 fully saturated rings. The highest BCUT2D eigenvalue weighted by Gasteiger charge is 2.05. The van der Waals surface area contributed by atoms with E-state index in [9.17, 15) is 4.79 Å². The number of nitrogens with zero attached hydrogens (tertiary/aromatic N) is 1. The zero-order valence-corrected chi connectivity index (χ0v) is 21.3. The smallest absolute Gasteiger partial charge is 0.251 e. The summed E-state index contributed by atoms with van der Waals surface area (Å²) in [6, 6.07) is 7.89. The Kier molecular flexibility index (Phi) is 15.8. The maximum absolute atomic E-state index is 12.3. The molecule has 1 aromatic carbocycles. The van der Waals surface area contributed by atoms with Crippen molar-refractivity contribution in [3.8, 4) is 0 Å². The van der Waals surface area contributed by atoms with Crippen LogP contribution in [0.3, 0.4) is 0 Å². The standard InChI is InChI=1S/C27H42N2O.ClH/c1-7-29(8-2)20-19-28-27(30)26-17-15-25(16-18-26)21-24(6)14-10-13-23(5)12-9-11-22(3)4;/h11,13,15-18,21H,7-10,12,14,19-20H2,1-6H3,(H,28,30);1H. The van der Waals surface area contributed by atoms with Crippen molar-refractivity contribution >= 4 is 24.4 Å². The average Bonchev–Trinajstić information content (AvgIpc) is 2.71. The van der Waals surface area contributed by atoms with E-state index in [-0.39, 0.29) is 18.3 Å². The minimum atomic E-state index is 0. The molecule has 0 radical (unpaired) electrons.